The van der Waals surface area contributed by atoms with Gasteiger partial charge in [-0.2, -0.15) is 5.10 Å². The highest BCUT2D eigenvalue weighted by molar-refractivity contribution is 9.10. The van der Waals surface area contributed by atoms with Crippen molar-refractivity contribution in [2.75, 3.05) is 7.11 Å². The molecule has 0 fully saturated rings. The van der Waals surface area contributed by atoms with E-state index in [-0.39, 0.29) is 11.7 Å². The van der Waals surface area contributed by atoms with Crippen molar-refractivity contribution in [1.29, 1.82) is 0 Å². The van der Waals surface area contributed by atoms with Gasteiger partial charge in [0.05, 0.1) is 13.3 Å². The molecule has 2 rings (SSSR count). The van der Waals surface area contributed by atoms with Gasteiger partial charge in [-0.15, -0.1) is 0 Å². The maximum Gasteiger partial charge on any atom is 0.344 e. The zero-order chi connectivity index (χ0) is 19.1. The van der Waals surface area contributed by atoms with Crippen molar-refractivity contribution in [3.05, 3.63) is 58.1 Å². The van der Waals surface area contributed by atoms with Gasteiger partial charge in [-0.25, -0.2) is 10.2 Å². The lowest BCUT2D eigenvalue weighted by Gasteiger charge is -2.15. The van der Waals surface area contributed by atoms with Gasteiger partial charge >= 0.3 is 5.97 Å². The van der Waals surface area contributed by atoms with Crippen LogP contribution in [0.1, 0.15) is 22.8 Å². The van der Waals surface area contributed by atoms with Crippen molar-refractivity contribution < 1.29 is 24.2 Å². The molecule has 0 saturated heterocycles. The Kier molecular flexibility index (Phi) is 6.74. The number of para-hydroxylation sites is 1. The summed E-state index contributed by atoms with van der Waals surface area (Å²) in [6, 6.07) is 11.9. The molecule has 0 saturated carbocycles. The quantitative estimate of drug-likeness (QED) is 0.529. The summed E-state index contributed by atoms with van der Waals surface area (Å²) in [6.07, 6.45) is 0.289. The van der Waals surface area contributed by atoms with Gasteiger partial charge < -0.3 is 14.6 Å². The highest BCUT2D eigenvalue weighted by atomic mass is 79.9. The van der Waals surface area contributed by atoms with E-state index < -0.39 is 12.1 Å². The summed E-state index contributed by atoms with van der Waals surface area (Å²) in [6.45, 7) is 1.41. The molecule has 0 aromatic heterocycles. The molecule has 2 aromatic rings. The summed E-state index contributed by atoms with van der Waals surface area (Å²) >= 11 is 3.30. The summed E-state index contributed by atoms with van der Waals surface area (Å²) in [5.74, 6) is -0.903. The summed E-state index contributed by atoms with van der Waals surface area (Å²) in [5, 5.41) is 12.9. The third-order valence-electron chi connectivity index (χ3n) is 3.33. The molecule has 1 amide bonds. The van der Waals surface area contributed by atoms with Crippen LogP contribution in [-0.4, -0.2) is 36.4 Å². The molecule has 2 N–H and O–H groups in total. The van der Waals surface area contributed by atoms with Crippen LogP contribution in [0.3, 0.4) is 0 Å². The van der Waals surface area contributed by atoms with Crippen LogP contribution in [0.5, 0.6) is 11.5 Å². The molecule has 26 heavy (non-hydrogen) atoms. The predicted octanol–water partition coefficient (Wildman–Crippen LogP) is 3.07. The van der Waals surface area contributed by atoms with Gasteiger partial charge in [0.15, 0.2) is 17.6 Å². The van der Waals surface area contributed by atoms with E-state index in [4.69, 9.17) is 14.6 Å². The predicted molar refractivity (Wildman–Crippen MR) is 99.9 cm³/mol. The molecule has 0 aliphatic rings. The Balaban J connectivity index is 2.18. The summed E-state index contributed by atoms with van der Waals surface area (Å²) < 4.78 is 11.4. The molecular weight excluding hydrogens is 404 g/mol. The number of halogens is 1. The van der Waals surface area contributed by atoms with Crippen LogP contribution >= 0.6 is 15.9 Å². The number of aliphatic carboxylic acids is 1. The van der Waals surface area contributed by atoms with Crippen LogP contribution in [0.4, 0.5) is 0 Å². The van der Waals surface area contributed by atoms with Crippen LogP contribution in [-0.2, 0) is 4.79 Å². The van der Waals surface area contributed by atoms with E-state index in [0.29, 0.717) is 16.9 Å². The molecule has 2 aromatic carbocycles. The first-order chi connectivity index (χ1) is 12.4. The molecule has 0 aliphatic heterocycles. The maximum absolute atomic E-state index is 12.1. The highest BCUT2D eigenvalue weighted by Gasteiger charge is 2.18. The summed E-state index contributed by atoms with van der Waals surface area (Å²) in [4.78, 5) is 23.1. The van der Waals surface area contributed by atoms with E-state index in [9.17, 15) is 9.59 Å². The Hall–Kier alpha value is -2.87. The number of carbonyl (C=O) groups excluding carboxylic acids is 1. The number of carboxylic acids is 1. The molecule has 136 valence electrons. The first-order valence-electron chi connectivity index (χ1n) is 7.57. The van der Waals surface area contributed by atoms with Crippen molar-refractivity contribution in [1.82, 2.24) is 5.43 Å². The van der Waals surface area contributed by atoms with E-state index in [1.807, 2.05) is 6.07 Å². The summed E-state index contributed by atoms with van der Waals surface area (Å²) in [7, 11) is 1.45. The number of carboxylic acid groups (broad SMARTS) is 1. The molecule has 0 aliphatic carbocycles. The van der Waals surface area contributed by atoms with Crippen LogP contribution < -0.4 is 14.9 Å². The largest absolute Gasteiger partial charge is 0.493 e. The number of nitrogens with one attached hydrogen (secondary N) is 1. The zero-order valence-corrected chi connectivity index (χ0v) is 15.7. The molecule has 0 heterocycles. The van der Waals surface area contributed by atoms with Crippen molar-refractivity contribution >= 4 is 34.0 Å². The normalized spacial score (nSPS) is 11.8. The Morgan fingerprint density at radius 3 is 2.65 bits per heavy atom. The third-order valence-corrected chi connectivity index (χ3v) is 3.82. The van der Waals surface area contributed by atoms with Gasteiger partial charge in [0, 0.05) is 15.6 Å². The van der Waals surface area contributed by atoms with E-state index in [1.165, 1.54) is 20.2 Å². The number of nitrogens with zero attached hydrogens (tertiary/aromatic N) is 1. The van der Waals surface area contributed by atoms with Crippen molar-refractivity contribution in [2.45, 2.75) is 13.0 Å². The van der Waals surface area contributed by atoms with Crippen molar-refractivity contribution in [3.63, 3.8) is 0 Å². The molecule has 0 radical (unpaired) electrons. The first kappa shape index (κ1) is 19.5. The van der Waals surface area contributed by atoms with Gasteiger partial charge in [-0.05, 0) is 37.3 Å². The van der Waals surface area contributed by atoms with Crippen LogP contribution in [0.25, 0.3) is 0 Å². The Morgan fingerprint density at radius 2 is 2.00 bits per heavy atom. The van der Waals surface area contributed by atoms with Gasteiger partial charge in [-0.1, -0.05) is 28.1 Å². The number of benzene rings is 2. The zero-order valence-electron chi connectivity index (χ0n) is 14.1. The molecule has 0 unspecified atom stereocenters. The van der Waals surface area contributed by atoms with E-state index in [1.54, 1.807) is 36.4 Å². The topological polar surface area (TPSA) is 97.2 Å². The number of hydrogen-bond acceptors (Lipinski definition) is 5. The molecule has 8 heteroatoms. The highest BCUT2D eigenvalue weighted by Crippen LogP contribution is 2.31. The van der Waals surface area contributed by atoms with Gasteiger partial charge in [0.2, 0.25) is 0 Å². The molecule has 0 spiro atoms. The fourth-order valence-electron chi connectivity index (χ4n) is 2.00. The minimum absolute atomic E-state index is 0.227. The fraction of sp³-hybridized carbons (Fsp3) is 0.167. The number of hydrazone groups is 1. The van der Waals surface area contributed by atoms with Crippen LogP contribution in [0.15, 0.2) is 52.0 Å². The number of amides is 1. The van der Waals surface area contributed by atoms with E-state index in [0.717, 1.165) is 4.47 Å². The SMILES string of the molecule is COc1cccc(/C=N\NC(=O)c2cccc(Br)c2)c1O[C@H](C)C(=O)O. The maximum atomic E-state index is 12.1. The number of hydrogen-bond donors (Lipinski definition) is 2. The van der Waals surface area contributed by atoms with Crippen LogP contribution in [0.2, 0.25) is 0 Å². The van der Waals surface area contributed by atoms with E-state index >= 15 is 0 Å². The second-order valence-corrected chi connectivity index (χ2v) is 6.10. The molecule has 0 bridgehead atoms. The number of rotatable bonds is 7. The number of methoxy groups -OCH3 is 1. The second-order valence-electron chi connectivity index (χ2n) is 5.19. The van der Waals surface area contributed by atoms with Crippen molar-refractivity contribution in [2.24, 2.45) is 5.10 Å². The Morgan fingerprint density at radius 1 is 1.27 bits per heavy atom. The monoisotopic (exact) mass is 420 g/mol. The average molecular weight is 421 g/mol. The minimum Gasteiger partial charge on any atom is -0.493 e. The van der Waals surface area contributed by atoms with Gasteiger partial charge in [0.25, 0.3) is 5.91 Å². The fourth-order valence-corrected chi connectivity index (χ4v) is 2.40. The van der Waals surface area contributed by atoms with Gasteiger partial charge in [0.1, 0.15) is 0 Å². The number of ether oxygens (including phenoxy) is 2. The first-order valence-corrected chi connectivity index (χ1v) is 8.37. The van der Waals surface area contributed by atoms with Crippen LogP contribution in [0, 0.1) is 0 Å². The Bertz CT molecular complexity index is 838. The molecular formula is C18H17BrN2O5. The average Bonchev–Trinajstić information content (AvgIpc) is 2.62. The molecule has 1 atom stereocenters. The lowest BCUT2D eigenvalue weighted by Crippen LogP contribution is -2.24. The lowest BCUT2D eigenvalue weighted by atomic mass is 10.2. The smallest absolute Gasteiger partial charge is 0.344 e. The number of carbonyl (C=O) groups is 2. The third kappa shape index (κ3) is 5.06. The van der Waals surface area contributed by atoms with E-state index in [2.05, 4.69) is 26.5 Å². The second kappa shape index (κ2) is 9.00. The minimum atomic E-state index is -1.11. The van der Waals surface area contributed by atoms with Gasteiger partial charge in [-0.3, -0.25) is 4.79 Å². The summed E-state index contributed by atoms with van der Waals surface area (Å²) in [5.41, 5.74) is 3.32. The standard InChI is InChI=1S/C18H17BrN2O5/c1-11(18(23)24)26-16-13(6-4-8-15(16)25-2)10-20-21-17(22)12-5-3-7-14(19)9-12/h3-11H,1-2H3,(H,21,22)(H,23,24)/b20-10-/t11-/m1/s1. The van der Waals surface area contributed by atoms with Crippen molar-refractivity contribution in [3.8, 4) is 11.5 Å². The Labute approximate surface area is 158 Å². The lowest BCUT2D eigenvalue weighted by molar-refractivity contribution is -0.144. The molecule has 7 nitrogen and oxygen atoms in total.